The molecule has 6 atom stereocenters. The van der Waals surface area contributed by atoms with Gasteiger partial charge in [0.25, 0.3) is 11.8 Å². The Kier molecular flexibility index (Phi) is 7.57. The normalized spacial score (nSPS) is 29.3. The van der Waals surface area contributed by atoms with Gasteiger partial charge in [0.15, 0.2) is 26.8 Å². The van der Waals surface area contributed by atoms with Gasteiger partial charge in [0.1, 0.15) is 5.52 Å². The van der Waals surface area contributed by atoms with Crippen LogP contribution in [0.15, 0.2) is 81.2 Å². The van der Waals surface area contributed by atoms with E-state index in [4.69, 9.17) is 32.4 Å². The van der Waals surface area contributed by atoms with Crippen LogP contribution in [-0.2, 0) is 19.2 Å². The Balaban J connectivity index is 1.20. The SMILES string of the molecule is COc1cc(C2C3=CCC4C(=O)N(c5ccc(-c6nc7ccccc7o6)cc5)C(=O)C4C3CC3(Cl)C(=O)N(CBr)C(=O)C23Cl)cc(Br)c1O. The number of phenolic OH excluding ortho intramolecular Hbond substituents is 1. The number of methoxy groups -OCH3 is 1. The van der Waals surface area contributed by atoms with E-state index >= 15 is 0 Å². The Labute approximate surface area is 306 Å². The molecule has 1 saturated carbocycles. The van der Waals surface area contributed by atoms with Crippen LogP contribution in [-0.4, -0.2) is 60.9 Å². The summed E-state index contributed by atoms with van der Waals surface area (Å²) >= 11 is 21.2. The number of allylic oxidation sites excluding steroid dienone is 2. The lowest BCUT2D eigenvalue weighted by molar-refractivity contribution is -0.138. The smallest absolute Gasteiger partial charge is 0.254 e. The molecule has 1 N–H and O–H groups in total. The zero-order chi connectivity index (χ0) is 34.6. The number of nitrogens with zero attached hydrogens (tertiary/aromatic N) is 3. The maximum absolute atomic E-state index is 14.4. The number of imide groups is 2. The van der Waals surface area contributed by atoms with Crippen molar-refractivity contribution in [3.63, 3.8) is 0 Å². The first kappa shape index (κ1) is 32.5. The zero-order valence-corrected chi connectivity index (χ0v) is 30.2. The summed E-state index contributed by atoms with van der Waals surface area (Å²) < 4.78 is 11.6. The molecule has 6 unspecified atom stereocenters. The van der Waals surface area contributed by atoms with Crippen LogP contribution in [0.2, 0.25) is 0 Å². The van der Waals surface area contributed by atoms with Gasteiger partial charge in [-0.1, -0.05) is 39.7 Å². The van der Waals surface area contributed by atoms with Crippen molar-refractivity contribution in [2.45, 2.75) is 28.5 Å². The van der Waals surface area contributed by atoms with E-state index < -0.39 is 51.1 Å². The van der Waals surface area contributed by atoms with Crippen molar-refractivity contribution in [1.82, 2.24) is 9.88 Å². The molecule has 250 valence electrons. The second-order valence-electron chi connectivity index (χ2n) is 12.6. The molecule has 8 rings (SSSR count). The number of para-hydroxylation sites is 2. The first-order chi connectivity index (χ1) is 23.4. The van der Waals surface area contributed by atoms with Crippen LogP contribution in [0.25, 0.3) is 22.6 Å². The van der Waals surface area contributed by atoms with E-state index in [2.05, 4.69) is 36.8 Å². The second kappa shape index (κ2) is 11.4. The molecule has 1 aromatic heterocycles. The number of likely N-dealkylation sites (tertiary alicyclic amines) is 1. The highest BCUT2D eigenvalue weighted by Crippen LogP contribution is 2.66. The van der Waals surface area contributed by atoms with Crippen LogP contribution in [0.3, 0.4) is 0 Å². The zero-order valence-electron chi connectivity index (χ0n) is 25.5. The number of carbonyl (C=O) groups excluding carboxylic acids is 4. The molecule has 2 aliphatic heterocycles. The fourth-order valence-corrected chi connectivity index (χ4v) is 9.93. The lowest BCUT2D eigenvalue weighted by Crippen LogP contribution is -2.60. The summed E-state index contributed by atoms with van der Waals surface area (Å²) in [6.45, 7) is 0. The van der Waals surface area contributed by atoms with Crippen molar-refractivity contribution in [3.8, 4) is 23.0 Å². The molecule has 2 saturated heterocycles. The average molecular weight is 830 g/mol. The van der Waals surface area contributed by atoms with E-state index in [0.717, 1.165) is 4.90 Å². The predicted molar refractivity (Wildman–Crippen MR) is 188 cm³/mol. The van der Waals surface area contributed by atoms with Crippen LogP contribution in [0, 0.1) is 17.8 Å². The Morgan fingerprint density at radius 3 is 2.45 bits per heavy atom. The van der Waals surface area contributed by atoms with Crippen molar-refractivity contribution in [2.75, 3.05) is 17.5 Å². The average Bonchev–Trinajstić information content (AvgIpc) is 3.69. The minimum Gasteiger partial charge on any atom is -0.503 e. The number of aromatic nitrogens is 1. The van der Waals surface area contributed by atoms with E-state index in [1.165, 1.54) is 12.0 Å². The molecule has 2 aliphatic carbocycles. The van der Waals surface area contributed by atoms with E-state index in [-0.39, 0.29) is 40.2 Å². The number of hydrogen-bond donors (Lipinski definition) is 1. The maximum atomic E-state index is 14.4. The number of benzene rings is 3. The number of fused-ring (bicyclic) bond motifs is 5. The first-order valence-corrected chi connectivity index (χ1v) is 18.0. The van der Waals surface area contributed by atoms with E-state index in [1.54, 1.807) is 36.4 Å². The minimum atomic E-state index is -1.98. The molecule has 0 bridgehead atoms. The summed E-state index contributed by atoms with van der Waals surface area (Å²) in [5.74, 6) is -5.13. The van der Waals surface area contributed by atoms with E-state index in [0.29, 0.717) is 39.4 Å². The molecule has 4 aliphatic rings. The number of anilines is 1. The topological polar surface area (TPSA) is 130 Å². The molecule has 3 aromatic carbocycles. The van der Waals surface area contributed by atoms with Crippen LogP contribution >= 0.6 is 55.1 Å². The lowest BCUT2D eigenvalue weighted by atomic mass is 9.56. The molecular formula is C35H25Br2Cl2N3O7. The standard InChI is InChI=1S/C35H25Br2Cl2N3O7/c1-48-25-13-17(12-22(37)28(25)43)27-19-10-11-20-26(21(19)14-34(38)32(46)41(15-36)33(47)35(27,34)39)31(45)42(30(20)44)18-8-6-16(7-9-18)29-40-23-4-2-3-5-24(23)49-29/h2-10,12-13,20-21,26-27,43H,11,14-15H2,1H3. The van der Waals surface area contributed by atoms with Crippen molar-refractivity contribution < 1.29 is 33.4 Å². The third kappa shape index (κ3) is 4.39. The molecule has 49 heavy (non-hydrogen) atoms. The van der Waals surface area contributed by atoms with Gasteiger partial charge < -0.3 is 14.3 Å². The number of oxazole rings is 1. The highest BCUT2D eigenvalue weighted by atomic mass is 79.9. The summed E-state index contributed by atoms with van der Waals surface area (Å²) in [4.78, 5) is 59.1. The van der Waals surface area contributed by atoms with Gasteiger partial charge in [0.05, 0.1) is 34.6 Å². The summed E-state index contributed by atoms with van der Waals surface area (Å²) in [7, 11) is 1.38. The van der Waals surface area contributed by atoms with Gasteiger partial charge in [0.2, 0.25) is 17.7 Å². The molecule has 3 heterocycles. The van der Waals surface area contributed by atoms with Crippen molar-refractivity contribution in [3.05, 3.63) is 82.3 Å². The predicted octanol–water partition coefficient (Wildman–Crippen LogP) is 6.89. The number of amides is 4. The Morgan fingerprint density at radius 2 is 1.76 bits per heavy atom. The van der Waals surface area contributed by atoms with Gasteiger partial charge in [-0.25, -0.2) is 4.98 Å². The van der Waals surface area contributed by atoms with E-state index in [9.17, 15) is 24.3 Å². The monoisotopic (exact) mass is 827 g/mol. The molecule has 3 fully saturated rings. The molecule has 14 heteroatoms. The van der Waals surface area contributed by atoms with Gasteiger partial charge in [0, 0.05) is 11.5 Å². The molecule has 4 amide bonds. The number of alkyl halides is 3. The van der Waals surface area contributed by atoms with Crippen molar-refractivity contribution >= 4 is 95.5 Å². The Bertz CT molecular complexity index is 2120. The van der Waals surface area contributed by atoms with E-state index in [1.807, 2.05) is 30.3 Å². The number of carbonyl (C=O) groups is 4. The lowest BCUT2D eigenvalue weighted by Gasteiger charge is -2.50. The number of ether oxygens (including phenoxy) is 1. The largest absolute Gasteiger partial charge is 0.503 e. The summed E-state index contributed by atoms with van der Waals surface area (Å²) in [5.41, 5.74) is 3.34. The summed E-state index contributed by atoms with van der Waals surface area (Å²) in [6, 6.07) is 17.4. The molecule has 0 radical (unpaired) electrons. The van der Waals surface area contributed by atoms with Gasteiger partial charge in [-0.05, 0) is 88.8 Å². The van der Waals surface area contributed by atoms with Gasteiger partial charge in [-0.3, -0.25) is 29.0 Å². The third-order valence-electron chi connectivity index (χ3n) is 10.3. The molecular weight excluding hydrogens is 805 g/mol. The number of rotatable bonds is 5. The number of phenols is 1. The van der Waals surface area contributed by atoms with Crippen LogP contribution < -0.4 is 9.64 Å². The molecule has 10 nitrogen and oxygen atoms in total. The third-order valence-corrected chi connectivity index (χ3v) is 12.8. The highest BCUT2D eigenvalue weighted by molar-refractivity contribution is 9.10. The Hall–Kier alpha value is -3.71. The van der Waals surface area contributed by atoms with Crippen molar-refractivity contribution in [1.29, 1.82) is 0 Å². The number of hydrogen-bond acceptors (Lipinski definition) is 8. The minimum absolute atomic E-state index is 0.106. The maximum Gasteiger partial charge on any atom is 0.254 e. The van der Waals surface area contributed by atoms with Gasteiger partial charge in [-0.2, -0.15) is 0 Å². The second-order valence-corrected chi connectivity index (χ2v) is 15.2. The number of halogens is 4. The first-order valence-electron chi connectivity index (χ1n) is 15.3. The fraction of sp³-hybridized carbons (Fsp3) is 0.286. The summed E-state index contributed by atoms with van der Waals surface area (Å²) in [6.07, 6.45) is 1.91. The highest BCUT2D eigenvalue weighted by Gasteiger charge is 2.76. The van der Waals surface area contributed by atoms with Crippen LogP contribution in [0.1, 0.15) is 24.3 Å². The molecule has 0 spiro atoms. The number of aromatic hydroxyl groups is 1. The van der Waals surface area contributed by atoms with Gasteiger partial charge >= 0.3 is 0 Å². The van der Waals surface area contributed by atoms with Crippen molar-refractivity contribution in [2.24, 2.45) is 17.8 Å². The Morgan fingerprint density at radius 1 is 1.02 bits per heavy atom. The molecule has 4 aromatic rings. The fourth-order valence-electron chi connectivity index (χ4n) is 8.05. The van der Waals surface area contributed by atoms with Gasteiger partial charge in [-0.15, -0.1) is 23.2 Å². The van der Waals surface area contributed by atoms with Crippen LogP contribution in [0.4, 0.5) is 5.69 Å². The van der Waals surface area contributed by atoms with Crippen LogP contribution in [0.5, 0.6) is 11.5 Å². The summed E-state index contributed by atoms with van der Waals surface area (Å²) in [5, 5.41) is 10.6. The quantitative estimate of drug-likeness (QED) is 0.0998.